The molecule has 25 heavy (non-hydrogen) atoms. The van der Waals surface area contributed by atoms with Gasteiger partial charge in [-0.2, -0.15) is 0 Å². The Hall–Kier alpha value is -1.66. The lowest BCUT2D eigenvalue weighted by Crippen LogP contribution is -2.36. The van der Waals surface area contributed by atoms with Crippen LogP contribution in [0.5, 0.6) is 0 Å². The number of benzene rings is 2. The SMILES string of the molecule is CN(C)CCN(C(=O)c1ccccc1Cl)c1nc2ccc(Cl)cc2s1. The zero-order chi connectivity index (χ0) is 18.0. The van der Waals surface area contributed by atoms with Crippen LogP contribution in [0.2, 0.25) is 10.0 Å². The molecule has 0 aliphatic rings. The van der Waals surface area contributed by atoms with Crippen molar-refractivity contribution < 1.29 is 4.79 Å². The van der Waals surface area contributed by atoms with Gasteiger partial charge in [-0.25, -0.2) is 4.98 Å². The molecule has 0 unspecified atom stereocenters. The van der Waals surface area contributed by atoms with E-state index in [0.29, 0.717) is 33.8 Å². The lowest BCUT2D eigenvalue weighted by Gasteiger charge is -2.22. The van der Waals surface area contributed by atoms with Crippen LogP contribution >= 0.6 is 34.5 Å². The molecule has 0 saturated carbocycles. The first-order valence-corrected chi connectivity index (χ1v) is 9.30. The van der Waals surface area contributed by atoms with Gasteiger partial charge in [-0.3, -0.25) is 9.69 Å². The van der Waals surface area contributed by atoms with Crippen molar-refractivity contribution in [3.8, 4) is 0 Å². The van der Waals surface area contributed by atoms with E-state index in [1.807, 2.05) is 37.2 Å². The van der Waals surface area contributed by atoms with Gasteiger partial charge in [-0.05, 0) is 44.4 Å². The van der Waals surface area contributed by atoms with E-state index in [4.69, 9.17) is 23.2 Å². The zero-order valence-corrected chi connectivity index (χ0v) is 16.2. The maximum Gasteiger partial charge on any atom is 0.261 e. The molecule has 1 aromatic heterocycles. The van der Waals surface area contributed by atoms with Gasteiger partial charge >= 0.3 is 0 Å². The molecule has 1 amide bonds. The van der Waals surface area contributed by atoms with Gasteiger partial charge in [0.1, 0.15) is 0 Å². The topological polar surface area (TPSA) is 36.4 Å². The Balaban J connectivity index is 2.01. The minimum atomic E-state index is -0.155. The van der Waals surface area contributed by atoms with Crippen molar-refractivity contribution in [3.63, 3.8) is 0 Å². The van der Waals surface area contributed by atoms with Crippen molar-refractivity contribution in [1.29, 1.82) is 0 Å². The normalized spacial score (nSPS) is 11.2. The zero-order valence-electron chi connectivity index (χ0n) is 13.9. The highest BCUT2D eigenvalue weighted by Crippen LogP contribution is 2.32. The third-order valence-corrected chi connectivity index (χ3v) is 5.30. The molecule has 0 atom stereocenters. The summed E-state index contributed by atoms with van der Waals surface area (Å²) in [4.78, 5) is 21.4. The van der Waals surface area contributed by atoms with Crippen LogP contribution in [0.1, 0.15) is 10.4 Å². The van der Waals surface area contributed by atoms with E-state index >= 15 is 0 Å². The summed E-state index contributed by atoms with van der Waals surface area (Å²) in [6.07, 6.45) is 0. The van der Waals surface area contributed by atoms with E-state index in [9.17, 15) is 4.79 Å². The summed E-state index contributed by atoms with van der Waals surface area (Å²) in [6, 6.07) is 12.6. The van der Waals surface area contributed by atoms with Crippen molar-refractivity contribution in [2.45, 2.75) is 0 Å². The predicted octanol–water partition coefficient (Wildman–Crippen LogP) is 4.81. The highest BCUT2D eigenvalue weighted by Gasteiger charge is 2.23. The lowest BCUT2D eigenvalue weighted by atomic mass is 10.2. The van der Waals surface area contributed by atoms with E-state index < -0.39 is 0 Å². The molecular formula is C18H17Cl2N3OS. The van der Waals surface area contributed by atoms with E-state index in [-0.39, 0.29) is 5.91 Å². The Labute approximate surface area is 160 Å². The summed E-state index contributed by atoms with van der Waals surface area (Å²) in [5.74, 6) is -0.155. The highest BCUT2D eigenvalue weighted by molar-refractivity contribution is 7.22. The molecular weight excluding hydrogens is 377 g/mol. The van der Waals surface area contributed by atoms with E-state index in [0.717, 1.165) is 10.2 Å². The number of hydrogen-bond donors (Lipinski definition) is 0. The van der Waals surface area contributed by atoms with Gasteiger partial charge in [0.2, 0.25) is 0 Å². The number of carbonyl (C=O) groups excluding carboxylic acids is 1. The molecule has 3 aromatic rings. The monoisotopic (exact) mass is 393 g/mol. The van der Waals surface area contributed by atoms with Crippen LogP contribution in [-0.4, -0.2) is 43.0 Å². The molecule has 7 heteroatoms. The van der Waals surface area contributed by atoms with Crippen molar-refractivity contribution in [3.05, 3.63) is 58.1 Å². The minimum absolute atomic E-state index is 0.155. The average molecular weight is 394 g/mol. The summed E-state index contributed by atoms with van der Waals surface area (Å²) >= 11 is 13.7. The van der Waals surface area contributed by atoms with Crippen LogP contribution in [0.3, 0.4) is 0 Å². The molecule has 1 heterocycles. The summed E-state index contributed by atoms with van der Waals surface area (Å²) in [5.41, 5.74) is 1.30. The Bertz CT molecular complexity index is 910. The summed E-state index contributed by atoms with van der Waals surface area (Å²) in [5, 5.41) is 1.73. The van der Waals surface area contributed by atoms with Gasteiger partial charge in [0, 0.05) is 18.1 Å². The maximum absolute atomic E-state index is 13.1. The Kier molecular flexibility index (Phi) is 5.59. The van der Waals surface area contributed by atoms with Gasteiger partial charge in [0.05, 0.1) is 20.8 Å². The number of fused-ring (bicyclic) bond motifs is 1. The summed E-state index contributed by atoms with van der Waals surface area (Å²) < 4.78 is 0.948. The third kappa shape index (κ3) is 4.12. The smallest absolute Gasteiger partial charge is 0.261 e. The summed E-state index contributed by atoms with van der Waals surface area (Å²) in [6.45, 7) is 1.23. The fourth-order valence-electron chi connectivity index (χ4n) is 2.37. The third-order valence-electron chi connectivity index (χ3n) is 3.69. The van der Waals surface area contributed by atoms with Gasteiger partial charge in [0.15, 0.2) is 5.13 Å². The van der Waals surface area contributed by atoms with E-state index in [1.165, 1.54) is 11.3 Å². The van der Waals surface area contributed by atoms with Crippen molar-refractivity contribution >= 4 is 55.8 Å². The van der Waals surface area contributed by atoms with Crippen LogP contribution in [0.4, 0.5) is 5.13 Å². The number of amides is 1. The molecule has 0 aliphatic carbocycles. The van der Waals surface area contributed by atoms with Crippen LogP contribution in [-0.2, 0) is 0 Å². The Morgan fingerprint density at radius 3 is 2.60 bits per heavy atom. The number of thiazole rings is 1. The first-order chi connectivity index (χ1) is 12.0. The van der Waals surface area contributed by atoms with E-state index in [1.54, 1.807) is 29.2 Å². The van der Waals surface area contributed by atoms with Crippen LogP contribution in [0.15, 0.2) is 42.5 Å². The number of likely N-dealkylation sites (N-methyl/N-ethyl adjacent to an activating group) is 1. The van der Waals surface area contributed by atoms with Crippen LogP contribution in [0, 0.1) is 0 Å². The fraction of sp³-hybridized carbons (Fsp3) is 0.222. The number of rotatable bonds is 5. The molecule has 0 aliphatic heterocycles. The van der Waals surface area contributed by atoms with Gasteiger partial charge < -0.3 is 4.90 Å². The number of hydrogen-bond acceptors (Lipinski definition) is 4. The first-order valence-electron chi connectivity index (χ1n) is 7.73. The second-order valence-corrected chi connectivity index (χ2v) is 7.70. The molecule has 0 radical (unpaired) electrons. The molecule has 0 bridgehead atoms. The largest absolute Gasteiger partial charge is 0.308 e. The first kappa shape index (κ1) is 18.1. The van der Waals surface area contributed by atoms with E-state index in [2.05, 4.69) is 4.98 Å². The van der Waals surface area contributed by atoms with Crippen LogP contribution in [0.25, 0.3) is 10.2 Å². The quantitative estimate of drug-likeness (QED) is 0.623. The number of halogens is 2. The van der Waals surface area contributed by atoms with Crippen LogP contribution < -0.4 is 4.90 Å². The summed E-state index contributed by atoms with van der Waals surface area (Å²) in [7, 11) is 3.94. The lowest BCUT2D eigenvalue weighted by molar-refractivity contribution is 0.0985. The molecule has 0 spiro atoms. The predicted molar refractivity (Wildman–Crippen MR) is 106 cm³/mol. The highest BCUT2D eigenvalue weighted by atomic mass is 35.5. The average Bonchev–Trinajstić information content (AvgIpc) is 2.97. The second kappa shape index (κ2) is 7.70. The number of carbonyl (C=O) groups is 1. The molecule has 130 valence electrons. The number of aromatic nitrogens is 1. The molecule has 0 N–H and O–H groups in total. The Morgan fingerprint density at radius 2 is 1.88 bits per heavy atom. The second-order valence-electron chi connectivity index (χ2n) is 5.85. The fourth-order valence-corrected chi connectivity index (χ4v) is 3.85. The standard InChI is InChI=1S/C18H17Cl2N3OS/c1-22(2)9-10-23(17(24)13-5-3-4-6-14(13)20)18-21-15-8-7-12(19)11-16(15)25-18/h3-8,11H,9-10H2,1-2H3. The molecule has 0 saturated heterocycles. The van der Waals surface area contributed by atoms with Gasteiger partial charge in [0.25, 0.3) is 5.91 Å². The maximum atomic E-state index is 13.1. The van der Waals surface area contributed by atoms with Crippen molar-refractivity contribution in [1.82, 2.24) is 9.88 Å². The minimum Gasteiger partial charge on any atom is -0.308 e. The molecule has 4 nitrogen and oxygen atoms in total. The number of nitrogens with zero attached hydrogens (tertiary/aromatic N) is 3. The molecule has 0 fully saturated rings. The number of anilines is 1. The van der Waals surface area contributed by atoms with Gasteiger partial charge in [-0.15, -0.1) is 0 Å². The Morgan fingerprint density at radius 1 is 1.12 bits per heavy atom. The van der Waals surface area contributed by atoms with Gasteiger partial charge in [-0.1, -0.05) is 46.7 Å². The molecule has 3 rings (SSSR count). The molecule has 2 aromatic carbocycles. The van der Waals surface area contributed by atoms with Crippen molar-refractivity contribution in [2.75, 3.05) is 32.1 Å². The van der Waals surface area contributed by atoms with Crippen molar-refractivity contribution in [2.24, 2.45) is 0 Å².